The molecule has 0 aliphatic carbocycles. The first kappa shape index (κ1) is 22.9. The third kappa shape index (κ3) is 6.86. The average Bonchev–Trinajstić information content (AvgIpc) is 3.19. The average molecular weight is 491 g/mol. The first-order valence-electron chi connectivity index (χ1n) is 8.63. The molecule has 0 unspecified atom stereocenters. The Bertz CT molecular complexity index is 703. The molecule has 0 radical (unpaired) electrons. The lowest BCUT2D eigenvalue weighted by atomic mass is 9.94. The molecule has 0 bridgehead atoms. The van der Waals surface area contributed by atoms with Gasteiger partial charge in [-0.2, -0.15) is 0 Å². The van der Waals surface area contributed by atoms with E-state index in [2.05, 4.69) is 65.6 Å². The van der Waals surface area contributed by atoms with Crippen molar-refractivity contribution in [1.82, 2.24) is 20.6 Å². The van der Waals surface area contributed by atoms with Crippen LogP contribution in [-0.4, -0.2) is 29.5 Å². The summed E-state index contributed by atoms with van der Waals surface area (Å²) in [5, 5.41) is 9.85. The smallest absolute Gasteiger partial charge is 0.213 e. The van der Waals surface area contributed by atoms with Crippen LogP contribution in [0.3, 0.4) is 0 Å². The molecule has 0 aliphatic rings. The van der Waals surface area contributed by atoms with Crippen molar-refractivity contribution in [2.75, 3.05) is 13.6 Å². The largest absolute Gasteiger partial charge is 0.443 e. The van der Waals surface area contributed by atoms with E-state index in [-0.39, 0.29) is 29.4 Å². The Balaban J connectivity index is 0.00000338. The first-order chi connectivity index (χ1) is 11.8. The van der Waals surface area contributed by atoms with Crippen molar-refractivity contribution in [2.24, 2.45) is 4.99 Å². The topological polar surface area (TPSA) is 75.3 Å². The monoisotopic (exact) mass is 491 g/mol. The molecule has 2 heterocycles. The molecule has 0 saturated heterocycles. The van der Waals surface area contributed by atoms with Gasteiger partial charge in [-0.3, -0.25) is 4.99 Å². The van der Waals surface area contributed by atoms with Crippen LogP contribution in [0.15, 0.2) is 21.0 Å². The van der Waals surface area contributed by atoms with Crippen LogP contribution < -0.4 is 10.6 Å². The number of nitrogens with one attached hydrogen (secondary N) is 2. The molecule has 2 aromatic rings. The van der Waals surface area contributed by atoms with Gasteiger partial charge in [0.05, 0.1) is 23.4 Å². The van der Waals surface area contributed by atoms with E-state index in [9.17, 15) is 0 Å². The summed E-state index contributed by atoms with van der Waals surface area (Å²) in [7, 11) is 1.76. The van der Waals surface area contributed by atoms with Crippen molar-refractivity contribution in [1.29, 1.82) is 0 Å². The summed E-state index contributed by atoms with van der Waals surface area (Å²) in [6.45, 7) is 11.9. The van der Waals surface area contributed by atoms with Crippen LogP contribution in [0.2, 0.25) is 0 Å². The van der Waals surface area contributed by atoms with Crippen LogP contribution in [0.5, 0.6) is 0 Å². The van der Waals surface area contributed by atoms with Gasteiger partial charge in [0.25, 0.3) is 0 Å². The molecule has 6 nitrogen and oxygen atoms in total. The molecule has 0 saturated carbocycles. The number of aromatic nitrogens is 2. The highest BCUT2D eigenvalue weighted by molar-refractivity contribution is 14.0. The Labute approximate surface area is 177 Å². The molecule has 0 fully saturated rings. The van der Waals surface area contributed by atoms with Crippen molar-refractivity contribution < 1.29 is 4.42 Å². The Morgan fingerprint density at radius 1 is 1.31 bits per heavy atom. The molecule has 0 aliphatic heterocycles. The minimum atomic E-state index is -0.0342. The number of thiazole rings is 1. The Kier molecular flexibility index (Phi) is 9.02. The standard InChI is InChI=1S/C18H29N5OS.HI/c1-12(2)16-23-13(11-25-16)7-8-20-17(19-6)22-10-15-21-9-14(24-15)18(3,4)5;/h9,11-12H,7-8,10H2,1-6H3,(H2,19,20,22);1H. The van der Waals surface area contributed by atoms with E-state index in [1.165, 1.54) is 5.01 Å². The summed E-state index contributed by atoms with van der Waals surface area (Å²) < 4.78 is 5.78. The number of nitrogens with zero attached hydrogens (tertiary/aromatic N) is 3. The van der Waals surface area contributed by atoms with Gasteiger partial charge in [-0.05, 0) is 0 Å². The van der Waals surface area contributed by atoms with E-state index in [0.717, 1.165) is 30.4 Å². The molecule has 2 N–H and O–H groups in total. The molecule has 146 valence electrons. The zero-order chi connectivity index (χ0) is 18.4. The van der Waals surface area contributed by atoms with Crippen molar-refractivity contribution in [3.63, 3.8) is 0 Å². The van der Waals surface area contributed by atoms with E-state index >= 15 is 0 Å². The quantitative estimate of drug-likeness (QED) is 0.362. The van der Waals surface area contributed by atoms with E-state index in [0.29, 0.717) is 18.4 Å². The zero-order valence-corrected chi connectivity index (χ0v) is 19.6. The van der Waals surface area contributed by atoms with E-state index in [4.69, 9.17) is 4.42 Å². The molecule has 0 amide bonds. The predicted octanol–water partition coefficient (Wildman–Crippen LogP) is 4.08. The second-order valence-electron chi connectivity index (χ2n) is 7.30. The highest BCUT2D eigenvalue weighted by atomic mass is 127. The number of halogens is 1. The summed E-state index contributed by atoms with van der Waals surface area (Å²) >= 11 is 1.73. The summed E-state index contributed by atoms with van der Waals surface area (Å²) in [4.78, 5) is 13.2. The van der Waals surface area contributed by atoms with E-state index < -0.39 is 0 Å². The number of oxazole rings is 1. The van der Waals surface area contributed by atoms with Crippen molar-refractivity contribution in [3.8, 4) is 0 Å². The summed E-state index contributed by atoms with van der Waals surface area (Å²) in [5.74, 6) is 2.76. The normalized spacial score (nSPS) is 12.2. The minimum Gasteiger partial charge on any atom is -0.443 e. The predicted molar refractivity (Wildman–Crippen MR) is 119 cm³/mol. The number of hydrogen-bond donors (Lipinski definition) is 2. The number of aliphatic imine (C=N–C) groups is 1. The maximum atomic E-state index is 5.78. The molecule has 0 atom stereocenters. The summed E-state index contributed by atoms with van der Waals surface area (Å²) in [5.41, 5.74) is 1.09. The fourth-order valence-corrected chi connectivity index (χ4v) is 3.00. The van der Waals surface area contributed by atoms with Crippen LogP contribution in [-0.2, 0) is 18.4 Å². The Morgan fingerprint density at radius 3 is 2.58 bits per heavy atom. The van der Waals surface area contributed by atoms with Crippen LogP contribution in [0.25, 0.3) is 0 Å². The van der Waals surface area contributed by atoms with Crippen LogP contribution in [0.4, 0.5) is 0 Å². The maximum Gasteiger partial charge on any atom is 0.213 e. The fraction of sp³-hybridized carbons (Fsp3) is 0.611. The van der Waals surface area contributed by atoms with Crippen LogP contribution >= 0.6 is 35.3 Å². The van der Waals surface area contributed by atoms with Crippen molar-refractivity contribution in [2.45, 2.75) is 58.9 Å². The molecule has 2 rings (SSSR count). The third-order valence-electron chi connectivity index (χ3n) is 3.66. The van der Waals surface area contributed by atoms with Gasteiger partial charge in [-0.15, -0.1) is 35.3 Å². The number of hydrogen-bond acceptors (Lipinski definition) is 5. The zero-order valence-electron chi connectivity index (χ0n) is 16.4. The minimum absolute atomic E-state index is 0. The van der Waals surface area contributed by atoms with Gasteiger partial charge in [-0.1, -0.05) is 34.6 Å². The Morgan fingerprint density at radius 2 is 2.04 bits per heavy atom. The third-order valence-corrected chi connectivity index (χ3v) is 4.85. The summed E-state index contributed by atoms with van der Waals surface area (Å²) in [6.07, 6.45) is 2.67. The van der Waals surface area contributed by atoms with Gasteiger partial charge >= 0.3 is 0 Å². The van der Waals surface area contributed by atoms with Crippen molar-refractivity contribution >= 4 is 41.3 Å². The SMILES string of the molecule is CN=C(NCCc1csc(C(C)C)n1)NCc1ncc(C(C)(C)C)o1.I. The highest BCUT2D eigenvalue weighted by Gasteiger charge is 2.19. The molecule has 2 aromatic heterocycles. The molecule has 8 heteroatoms. The van der Waals surface area contributed by atoms with E-state index in [1.54, 1.807) is 24.6 Å². The number of guanidine groups is 1. The number of rotatable bonds is 6. The molecular formula is C18H30IN5OS. The molecular weight excluding hydrogens is 461 g/mol. The lowest BCUT2D eigenvalue weighted by Gasteiger charge is -2.13. The molecule has 26 heavy (non-hydrogen) atoms. The summed E-state index contributed by atoms with van der Waals surface area (Å²) in [6, 6.07) is 0. The molecule has 0 spiro atoms. The highest BCUT2D eigenvalue weighted by Crippen LogP contribution is 2.22. The van der Waals surface area contributed by atoms with Crippen LogP contribution in [0.1, 0.15) is 62.9 Å². The van der Waals surface area contributed by atoms with Crippen molar-refractivity contribution in [3.05, 3.63) is 33.9 Å². The van der Waals surface area contributed by atoms with Gasteiger partial charge in [0.1, 0.15) is 5.76 Å². The van der Waals surface area contributed by atoms with Gasteiger partial charge in [0.15, 0.2) is 5.96 Å². The maximum absolute atomic E-state index is 5.78. The lowest BCUT2D eigenvalue weighted by molar-refractivity contribution is 0.379. The fourth-order valence-electron chi connectivity index (χ4n) is 2.13. The Hall–Kier alpha value is -1.16. The first-order valence-corrected chi connectivity index (χ1v) is 9.51. The van der Waals surface area contributed by atoms with Gasteiger partial charge in [0, 0.05) is 36.7 Å². The van der Waals surface area contributed by atoms with Gasteiger partial charge < -0.3 is 15.1 Å². The second kappa shape index (κ2) is 10.2. The molecule has 0 aromatic carbocycles. The van der Waals surface area contributed by atoms with E-state index in [1.807, 2.05) is 0 Å². The lowest BCUT2D eigenvalue weighted by Crippen LogP contribution is -2.38. The van der Waals surface area contributed by atoms with Gasteiger partial charge in [0.2, 0.25) is 5.89 Å². The van der Waals surface area contributed by atoms with Gasteiger partial charge in [-0.25, -0.2) is 9.97 Å². The second-order valence-corrected chi connectivity index (χ2v) is 8.19. The van der Waals surface area contributed by atoms with Crippen LogP contribution in [0, 0.1) is 0 Å².